The Balaban J connectivity index is 1.67. The first-order valence-electron chi connectivity index (χ1n) is 7.81. The number of hydrogen-bond acceptors (Lipinski definition) is 5. The monoisotopic (exact) mass is 399 g/mol. The maximum Gasteiger partial charge on any atom is 0.257 e. The van der Waals surface area contributed by atoms with Crippen LogP contribution >= 0.6 is 23.2 Å². The fraction of sp³-hybridized carbons (Fsp3) is 0. The molecule has 0 unspecified atom stereocenters. The third kappa shape index (κ3) is 3.45. The van der Waals surface area contributed by atoms with Gasteiger partial charge in [-0.05, 0) is 36.4 Å². The predicted octanol–water partition coefficient (Wildman–Crippen LogP) is 5.15. The van der Waals surface area contributed by atoms with Gasteiger partial charge in [-0.1, -0.05) is 23.2 Å². The van der Waals surface area contributed by atoms with Gasteiger partial charge in [-0.25, -0.2) is 4.98 Å². The molecule has 0 aliphatic rings. The molecular formula is C19H11Cl2N3O3. The molecule has 0 aliphatic heterocycles. The maximum absolute atomic E-state index is 12.5. The van der Waals surface area contributed by atoms with Gasteiger partial charge >= 0.3 is 0 Å². The van der Waals surface area contributed by atoms with Crippen molar-refractivity contribution in [2.24, 2.45) is 0 Å². The number of hydrogen-bond donors (Lipinski definition) is 2. The summed E-state index contributed by atoms with van der Waals surface area (Å²) in [6, 6.07) is 10.9. The van der Waals surface area contributed by atoms with Crippen LogP contribution in [0.3, 0.4) is 0 Å². The summed E-state index contributed by atoms with van der Waals surface area (Å²) in [6.07, 6.45) is 3.15. The standard InChI is InChI=1S/C19H11Cl2N3O3/c20-10-1-3-12(14(21)7-10)18(26)23-11-2-4-16(25)13(8-11)19-24-15-9-22-6-5-17(15)27-19/h1-9,25H,(H,23,26). The average molecular weight is 400 g/mol. The molecule has 0 saturated carbocycles. The number of nitrogens with one attached hydrogen (secondary N) is 1. The molecule has 0 bridgehead atoms. The van der Waals surface area contributed by atoms with Crippen molar-refractivity contribution in [1.82, 2.24) is 9.97 Å². The van der Waals surface area contributed by atoms with E-state index in [1.165, 1.54) is 18.2 Å². The average Bonchev–Trinajstić information content (AvgIpc) is 3.07. The number of phenolic OH excluding ortho intramolecular Hbond substituents is 1. The first-order valence-corrected chi connectivity index (χ1v) is 8.57. The fourth-order valence-electron chi connectivity index (χ4n) is 2.55. The molecule has 2 N–H and O–H groups in total. The highest BCUT2D eigenvalue weighted by molar-refractivity contribution is 6.37. The van der Waals surface area contributed by atoms with E-state index in [1.807, 2.05) is 0 Å². The summed E-state index contributed by atoms with van der Waals surface area (Å²) < 4.78 is 5.65. The van der Waals surface area contributed by atoms with E-state index in [0.29, 0.717) is 27.4 Å². The van der Waals surface area contributed by atoms with Crippen LogP contribution < -0.4 is 5.32 Å². The minimum Gasteiger partial charge on any atom is -0.507 e. The van der Waals surface area contributed by atoms with E-state index in [2.05, 4.69) is 15.3 Å². The summed E-state index contributed by atoms with van der Waals surface area (Å²) in [5.41, 5.74) is 2.17. The Morgan fingerprint density at radius 2 is 1.96 bits per heavy atom. The van der Waals surface area contributed by atoms with E-state index in [9.17, 15) is 9.90 Å². The van der Waals surface area contributed by atoms with Crippen molar-refractivity contribution in [3.8, 4) is 17.2 Å². The highest BCUT2D eigenvalue weighted by Gasteiger charge is 2.15. The highest BCUT2D eigenvalue weighted by atomic mass is 35.5. The Morgan fingerprint density at radius 3 is 2.74 bits per heavy atom. The number of phenols is 1. The van der Waals surface area contributed by atoms with Crippen LogP contribution in [0.15, 0.2) is 59.3 Å². The van der Waals surface area contributed by atoms with Gasteiger partial charge in [0.15, 0.2) is 5.58 Å². The maximum atomic E-state index is 12.5. The Morgan fingerprint density at radius 1 is 1.11 bits per heavy atom. The molecule has 2 aromatic carbocycles. The van der Waals surface area contributed by atoms with Gasteiger partial charge in [0, 0.05) is 23.0 Å². The van der Waals surface area contributed by atoms with Crippen molar-refractivity contribution >= 4 is 45.9 Å². The van der Waals surface area contributed by atoms with E-state index in [0.717, 1.165) is 0 Å². The molecule has 8 heteroatoms. The van der Waals surface area contributed by atoms with Crippen molar-refractivity contribution < 1.29 is 14.3 Å². The third-order valence-electron chi connectivity index (χ3n) is 3.85. The molecule has 134 valence electrons. The van der Waals surface area contributed by atoms with Crippen LogP contribution in [-0.2, 0) is 0 Å². The molecule has 4 aromatic rings. The minimum absolute atomic E-state index is 0.0305. The highest BCUT2D eigenvalue weighted by Crippen LogP contribution is 2.33. The molecular weight excluding hydrogens is 389 g/mol. The zero-order chi connectivity index (χ0) is 19.0. The van der Waals surface area contributed by atoms with Crippen molar-refractivity contribution in [2.75, 3.05) is 5.32 Å². The second kappa shape index (κ2) is 6.90. The molecule has 4 rings (SSSR count). The van der Waals surface area contributed by atoms with Gasteiger partial charge in [-0.3, -0.25) is 9.78 Å². The number of halogens is 2. The van der Waals surface area contributed by atoms with Gasteiger partial charge in [-0.15, -0.1) is 0 Å². The Kier molecular flexibility index (Phi) is 4.43. The lowest BCUT2D eigenvalue weighted by atomic mass is 10.1. The van der Waals surface area contributed by atoms with E-state index in [1.54, 1.807) is 36.7 Å². The number of amides is 1. The number of carbonyl (C=O) groups is 1. The quantitative estimate of drug-likeness (QED) is 0.464. The molecule has 2 heterocycles. The van der Waals surface area contributed by atoms with Crippen LogP contribution in [0.1, 0.15) is 10.4 Å². The topological polar surface area (TPSA) is 88.2 Å². The zero-order valence-corrected chi connectivity index (χ0v) is 15.1. The molecule has 0 atom stereocenters. The van der Waals surface area contributed by atoms with E-state index in [-0.39, 0.29) is 22.2 Å². The minimum atomic E-state index is -0.407. The third-order valence-corrected chi connectivity index (χ3v) is 4.40. The van der Waals surface area contributed by atoms with Crippen LogP contribution in [0.4, 0.5) is 5.69 Å². The van der Waals surface area contributed by atoms with Crippen LogP contribution in [-0.4, -0.2) is 21.0 Å². The molecule has 6 nitrogen and oxygen atoms in total. The molecule has 0 aliphatic carbocycles. The summed E-state index contributed by atoms with van der Waals surface area (Å²) in [5, 5.41) is 13.6. The van der Waals surface area contributed by atoms with Gasteiger partial charge in [0.25, 0.3) is 5.91 Å². The summed E-state index contributed by atoms with van der Waals surface area (Å²) in [4.78, 5) is 20.8. The van der Waals surface area contributed by atoms with Gasteiger partial charge < -0.3 is 14.8 Å². The van der Waals surface area contributed by atoms with E-state index < -0.39 is 5.91 Å². The van der Waals surface area contributed by atoms with Crippen LogP contribution in [0.25, 0.3) is 22.6 Å². The van der Waals surface area contributed by atoms with Crippen molar-refractivity contribution in [3.05, 3.63) is 70.5 Å². The summed E-state index contributed by atoms with van der Waals surface area (Å²) >= 11 is 11.9. The number of aromatic hydroxyl groups is 1. The number of rotatable bonds is 3. The number of pyridine rings is 1. The number of benzene rings is 2. The van der Waals surface area contributed by atoms with Gasteiger partial charge in [-0.2, -0.15) is 0 Å². The Labute approximate surface area is 163 Å². The van der Waals surface area contributed by atoms with Crippen LogP contribution in [0, 0.1) is 0 Å². The fourth-order valence-corrected chi connectivity index (χ4v) is 3.05. The van der Waals surface area contributed by atoms with Crippen molar-refractivity contribution in [3.63, 3.8) is 0 Å². The van der Waals surface area contributed by atoms with Crippen LogP contribution in [0.5, 0.6) is 5.75 Å². The second-order valence-electron chi connectivity index (χ2n) is 5.67. The van der Waals surface area contributed by atoms with Gasteiger partial charge in [0.05, 0.1) is 22.3 Å². The zero-order valence-electron chi connectivity index (χ0n) is 13.6. The largest absolute Gasteiger partial charge is 0.507 e. The van der Waals surface area contributed by atoms with E-state index in [4.69, 9.17) is 27.6 Å². The number of oxazole rings is 1. The number of anilines is 1. The van der Waals surface area contributed by atoms with Gasteiger partial charge in [0.2, 0.25) is 5.89 Å². The van der Waals surface area contributed by atoms with Crippen LogP contribution in [0.2, 0.25) is 10.0 Å². The lowest BCUT2D eigenvalue weighted by molar-refractivity contribution is 0.102. The molecule has 0 radical (unpaired) electrons. The van der Waals surface area contributed by atoms with E-state index >= 15 is 0 Å². The molecule has 0 saturated heterocycles. The molecule has 0 spiro atoms. The Hall–Kier alpha value is -3.09. The van der Waals surface area contributed by atoms with Gasteiger partial charge in [0.1, 0.15) is 11.3 Å². The van der Waals surface area contributed by atoms with Crippen molar-refractivity contribution in [2.45, 2.75) is 0 Å². The lowest BCUT2D eigenvalue weighted by Gasteiger charge is -2.09. The number of nitrogens with zero attached hydrogens (tertiary/aromatic N) is 2. The second-order valence-corrected chi connectivity index (χ2v) is 6.52. The SMILES string of the molecule is O=C(Nc1ccc(O)c(-c2nc3cnccc3o2)c1)c1ccc(Cl)cc1Cl. The first-order chi connectivity index (χ1) is 13.0. The smallest absolute Gasteiger partial charge is 0.257 e. The number of fused-ring (bicyclic) bond motifs is 1. The molecule has 27 heavy (non-hydrogen) atoms. The van der Waals surface area contributed by atoms with Crippen molar-refractivity contribution in [1.29, 1.82) is 0 Å². The molecule has 0 fully saturated rings. The predicted molar refractivity (Wildman–Crippen MR) is 103 cm³/mol. The molecule has 1 amide bonds. The lowest BCUT2D eigenvalue weighted by Crippen LogP contribution is -2.12. The summed E-state index contributed by atoms with van der Waals surface area (Å²) in [7, 11) is 0. The normalized spacial score (nSPS) is 10.9. The summed E-state index contributed by atoms with van der Waals surface area (Å²) in [5.74, 6) is -0.219. The number of aromatic nitrogens is 2. The number of carbonyl (C=O) groups excluding carboxylic acids is 1. The first kappa shape index (κ1) is 17.3. The Bertz CT molecular complexity index is 1140. The summed E-state index contributed by atoms with van der Waals surface area (Å²) in [6.45, 7) is 0. The molecule has 2 aromatic heterocycles.